The fourth-order valence-electron chi connectivity index (χ4n) is 2.47. The summed E-state index contributed by atoms with van der Waals surface area (Å²) in [5.41, 5.74) is 3.70. The van der Waals surface area contributed by atoms with Gasteiger partial charge in [-0.3, -0.25) is 4.99 Å². The molecule has 4 heteroatoms. The van der Waals surface area contributed by atoms with Crippen molar-refractivity contribution in [3.8, 4) is 5.75 Å². The molecule has 0 saturated heterocycles. The van der Waals surface area contributed by atoms with E-state index in [0.29, 0.717) is 0 Å². The molecule has 4 nitrogen and oxygen atoms in total. The maximum absolute atomic E-state index is 5.18. The molecule has 2 aromatic carbocycles. The van der Waals surface area contributed by atoms with Gasteiger partial charge in [0.15, 0.2) is 0 Å². The van der Waals surface area contributed by atoms with E-state index in [1.165, 1.54) is 11.1 Å². The molecule has 0 fully saturated rings. The van der Waals surface area contributed by atoms with E-state index in [4.69, 9.17) is 4.74 Å². The van der Waals surface area contributed by atoms with Crippen molar-refractivity contribution in [2.24, 2.45) is 4.99 Å². The molecule has 1 aliphatic heterocycles. The zero-order valence-electron chi connectivity index (χ0n) is 12.8. The van der Waals surface area contributed by atoms with Crippen LogP contribution in [0.15, 0.2) is 53.5 Å². The molecule has 0 radical (unpaired) electrons. The first-order valence-corrected chi connectivity index (χ1v) is 7.56. The average Bonchev–Trinajstić information content (AvgIpc) is 3.08. The second-order valence-electron chi connectivity index (χ2n) is 5.33. The Morgan fingerprint density at radius 3 is 2.32 bits per heavy atom. The fourth-order valence-corrected chi connectivity index (χ4v) is 2.47. The summed E-state index contributed by atoms with van der Waals surface area (Å²) in [5, 5.41) is 6.64. The van der Waals surface area contributed by atoms with Crippen molar-refractivity contribution in [3.05, 3.63) is 59.7 Å². The van der Waals surface area contributed by atoms with Crippen LogP contribution in [0.4, 0.5) is 5.69 Å². The van der Waals surface area contributed by atoms with Crippen molar-refractivity contribution in [1.29, 1.82) is 0 Å². The topological polar surface area (TPSA) is 45.6 Å². The van der Waals surface area contributed by atoms with Gasteiger partial charge >= 0.3 is 0 Å². The van der Waals surface area contributed by atoms with E-state index in [1.54, 1.807) is 7.11 Å². The summed E-state index contributed by atoms with van der Waals surface area (Å²) < 4.78 is 5.18. The second kappa shape index (κ2) is 6.98. The lowest BCUT2D eigenvalue weighted by Crippen LogP contribution is -2.26. The minimum absolute atomic E-state index is 0.762. The Kier molecular flexibility index (Phi) is 4.59. The summed E-state index contributed by atoms with van der Waals surface area (Å²) in [5.74, 6) is 1.94. The van der Waals surface area contributed by atoms with Gasteiger partial charge < -0.3 is 15.4 Å². The van der Waals surface area contributed by atoms with Gasteiger partial charge in [0.25, 0.3) is 0 Å². The Balaban J connectivity index is 1.56. The lowest BCUT2D eigenvalue weighted by Gasteiger charge is -2.08. The summed E-state index contributed by atoms with van der Waals surface area (Å²) in [4.78, 5) is 4.37. The maximum Gasteiger partial charge on any atom is 0.118 e. The number of hydrogen-bond donors (Lipinski definition) is 2. The van der Waals surface area contributed by atoms with Crippen LogP contribution in [0.25, 0.3) is 0 Å². The molecule has 1 aliphatic rings. The number of rotatable bonds is 6. The predicted octanol–water partition coefficient (Wildman–Crippen LogP) is 2.70. The maximum atomic E-state index is 5.18. The highest BCUT2D eigenvalue weighted by Crippen LogP contribution is 2.16. The van der Waals surface area contributed by atoms with Crippen molar-refractivity contribution in [2.75, 3.05) is 32.1 Å². The Bertz CT molecular complexity index is 632. The Labute approximate surface area is 131 Å². The van der Waals surface area contributed by atoms with Gasteiger partial charge in [0.1, 0.15) is 11.6 Å². The first-order valence-electron chi connectivity index (χ1n) is 7.56. The van der Waals surface area contributed by atoms with Crippen LogP contribution in [-0.4, -0.2) is 32.6 Å². The molecule has 114 valence electrons. The lowest BCUT2D eigenvalue weighted by atomic mass is 10.0. The summed E-state index contributed by atoms with van der Waals surface area (Å²) in [6.07, 6.45) is 0.929. The van der Waals surface area contributed by atoms with E-state index >= 15 is 0 Å². The number of hydrogen-bond acceptors (Lipinski definition) is 4. The number of benzene rings is 2. The first kappa shape index (κ1) is 14.4. The fraction of sp³-hybridized carbons (Fsp3) is 0.278. The van der Waals surface area contributed by atoms with Crippen molar-refractivity contribution < 1.29 is 4.74 Å². The number of anilines is 1. The van der Waals surface area contributed by atoms with Gasteiger partial charge in [-0.1, -0.05) is 24.3 Å². The third-order valence-electron chi connectivity index (χ3n) is 3.72. The molecule has 3 rings (SSSR count). The first-order chi connectivity index (χ1) is 10.8. The standard InChI is InChI=1S/C18H21N3O/c1-22-17-8-4-15(5-9-17)12-14-2-6-16(7-3-14)21-13-18-19-10-11-20-18/h2-9,21H,10-13H2,1H3,(H,19,20). The van der Waals surface area contributed by atoms with Crippen molar-refractivity contribution in [3.63, 3.8) is 0 Å². The van der Waals surface area contributed by atoms with Crippen LogP contribution < -0.4 is 15.4 Å². The highest BCUT2D eigenvalue weighted by atomic mass is 16.5. The third-order valence-corrected chi connectivity index (χ3v) is 3.72. The summed E-state index contributed by atoms with van der Waals surface area (Å²) in [6, 6.07) is 16.8. The number of aliphatic imine (C=N–C) groups is 1. The van der Waals surface area contributed by atoms with Gasteiger partial charge in [-0.2, -0.15) is 0 Å². The molecule has 0 unspecified atom stereocenters. The van der Waals surface area contributed by atoms with E-state index in [0.717, 1.165) is 43.3 Å². The average molecular weight is 295 g/mol. The molecule has 0 aromatic heterocycles. The van der Waals surface area contributed by atoms with E-state index < -0.39 is 0 Å². The van der Waals surface area contributed by atoms with Crippen LogP contribution in [0, 0.1) is 0 Å². The van der Waals surface area contributed by atoms with Gasteiger partial charge in [0, 0.05) is 12.2 Å². The van der Waals surface area contributed by atoms with E-state index in [9.17, 15) is 0 Å². The molecule has 2 N–H and O–H groups in total. The van der Waals surface area contributed by atoms with E-state index in [1.807, 2.05) is 12.1 Å². The highest BCUT2D eigenvalue weighted by Gasteiger charge is 2.04. The van der Waals surface area contributed by atoms with E-state index in [-0.39, 0.29) is 0 Å². The quantitative estimate of drug-likeness (QED) is 0.861. The minimum atomic E-state index is 0.762. The number of nitrogens with one attached hydrogen (secondary N) is 2. The number of nitrogens with zero attached hydrogens (tertiary/aromatic N) is 1. The summed E-state index contributed by atoms with van der Waals surface area (Å²) in [7, 11) is 1.69. The molecule has 0 bridgehead atoms. The molecule has 1 heterocycles. The number of methoxy groups -OCH3 is 1. The zero-order valence-corrected chi connectivity index (χ0v) is 12.8. The largest absolute Gasteiger partial charge is 0.497 e. The van der Waals surface area contributed by atoms with Crippen LogP contribution in [0.2, 0.25) is 0 Å². The molecule has 0 atom stereocenters. The van der Waals surface area contributed by atoms with Crippen LogP contribution in [0.1, 0.15) is 11.1 Å². The monoisotopic (exact) mass is 295 g/mol. The molecule has 0 amide bonds. The van der Waals surface area contributed by atoms with Gasteiger partial charge in [-0.15, -0.1) is 0 Å². The Morgan fingerprint density at radius 2 is 1.73 bits per heavy atom. The molecule has 2 aromatic rings. The van der Waals surface area contributed by atoms with Gasteiger partial charge in [-0.05, 0) is 41.8 Å². The molecular formula is C18H21N3O. The normalized spacial score (nSPS) is 13.4. The van der Waals surface area contributed by atoms with Crippen LogP contribution in [0.3, 0.4) is 0 Å². The number of ether oxygens (including phenoxy) is 1. The van der Waals surface area contributed by atoms with Crippen molar-refractivity contribution in [2.45, 2.75) is 6.42 Å². The van der Waals surface area contributed by atoms with Gasteiger partial charge in [-0.25, -0.2) is 0 Å². The van der Waals surface area contributed by atoms with Crippen molar-refractivity contribution >= 4 is 11.5 Å². The van der Waals surface area contributed by atoms with Crippen LogP contribution in [0.5, 0.6) is 5.75 Å². The Morgan fingerprint density at radius 1 is 1.05 bits per heavy atom. The van der Waals surface area contributed by atoms with Crippen LogP contribution in [-0.2, 0) is 6.42 Å². The van der Waals surface area contributed by atoms with Crippen LogP contribution >= 0.6 is 0 Å². The number of amidine groups is 1. The molecule has 0 saturated carbocycles. The van der Waals surface area contributed by atoms with E-state index in [2.05, 4.69) is 52.0 Å². The Hall–Kier alpha value is -2.49. The summed E-state index contributed by atoms with van der Waals surface area (Å²) in [6.45, 7) is 2.60. The second-order valence-corrected chi connectivity index (χ2v) is 5.33. The minimum Gasteiger partial charge on any atom is -0.497 e. The smallest absolute Gasteiger partial charge is 0.118 e. The summed E-state index contributed by atoms with van der Waals surface area (Å²) >= 11 is 0. The SMILES string of the molecule is COc1ccc(Cc2ccc(NCC3=NCCN3)cc2)cc1. The molecular weight excluding hydrogens is 274 g/mol. The lowest BCUT2D eigenvalue weighted by molar-refractivity contribution is 0.414. The van der Waals surface area contributed by atoms with Gasteiger partial charge in [0.05, 0.1) is 20.2 Å². The molecule has 22 heavy (non-hydrogen) atoms. The predicted molar refractivity (Wildman–Crippen MR) is 91.0 cm³/mol. The zero-order chi connectivity index (χ0) is 15.2. The van der Waals surface area contributed by atoms with Gasteiger partial charge in [0.2, 0.25) is 0 Å². The third kappa shape index (κ3) is 3.79. The molecule has 0 aliphatic carbocycles. The highest BCUT2D eigenvalue weighted by molar-refractivity contribution is 5.87. The van der Waals surface area contributed by atoms with Crippen molar-refractivity contribution in [1.82, 2.24) is 5.32 Å². The molecule has 0 spiro atoms.